The molecule has 0 heterocycles. The molecule has 1 unspecified atom stereocenters. The molecule has 0 spiro atoms. The van der Waals surface area contributed by atoms with Gasteiger partial charge in [-0.15, -0.1) is 0 Å². The summed E-state index contributed by atoms with van der Waals surface area (Å²) in [5.41, 5.74) is 0.615. The maximum atomic E-state index is 13.6. The van der Waals surface area contributed by atoms with Crippen LogP contribution in [-0.2, 0) is 6.42 Å². The molecule has 0 aliphatic carbocycles. The van der Waals surface area contributed by atoms with Crippen molar-refractivity contribution in [2.24, 2.45) is 5.92 Å². The van der Waals surface area contributed by atoms with Crippen molar-refractivity contribution < 1.29 is 4.39 Å². The van der Waals surface area contributed by atoms with Gasteiger partial charge in [0.15, 0.2) is 0 Å². The molecule has 0 saturated carbocycles. The summed E-state index contributed by atoms with van der Waals surface area (Å²) in [7, 11) is 1.90. The van der Waals surface area contributed by atoms with Crippen LogP contribution in [0, 0.1) is 11.7 Å². The minimum absolute atomic E-state index is 0.212. The number of nitrogens with one attached hydrogen (secondary N) is 1. The van der Waals surface area contributed by atoms with Crippen LogP contribution >= 0.6 is 11.6 Å². The van der Waals surface area contributed by atoms with Crippen LogP contribution in [0.4, 0.5) is 4.39 Å². The van der Waals surface area contributed by atoms with E-state index < -0.39 is 0 Å². The molecule has 0 aliphatic rings. The molecule has 1 rings (SSSR count). The highest BCUT2D eigenvalue weighted by molar-refractivity contribution is 6.31. The van der Waals surface area contributed by atoms with E-state index in [1.54, 1.807) is 12.1 Å². The van der Waals surface area contributed by atoms with Gasteiger partial charge >= 0.3 is 0 Å². The molecular weight excluding hydrogens is 225 g/mol. The van der Waals surface area contributed by atoms with Gasteiger partial charge in [-0.2, -0.15) is 0 Å². The Morgan fingerprint density at radius 1 is 1.38 bits per heavy atom. The summed E-state index contributed by atoms with van der Waals surface area (Å²) in [6, 6.07) is 5.11. The fraction of sp³-hybridized carbons (Fsp3) is 0.538. The second-order valence-electron chi connectivity index (χ2n) is 4.52. The quantitative estimate of drug-likeness (QED) is 0.832. The lowest BCUT2D eigenvalue weighted by Crippen LogP contribution is -2.29. The summed E-state index contributed by atoms with van der Waals surface area (Å²) in [4.78, 5) is 0. The molecule has 0 aromatic heterocycles. The number of halogens is 2. The van der Waals surface area contributed by atoms with Crippen LogP contribution in [0.5, 0.6) is 0 Å². The van der Waals surface area contributed by atoms with Gasteiger partial charge < -0.3 is 5.32 Å². The molecule has 0 fully saturated rings. The van der Waals surface area contributed by atoms with Crippen molar-refractivity contribution in [3.8, 4) is 0 Å². The highest BCUT2D eigenvalue weighted by Gasteiger charge is 2.14. The molecule has 1 aromatic rings. The Morgan fingerprint density at radius 3 is 2.56 bits per heavy atom. The van der Waals surface area contributed by atoms with Crippen molar-refractivity contribution in [3.05, 3.63) is 34.6 Å². The van der Waals surface area contributed by atoms with E-state index in [0.29, 0.717) is 22.9 Å². The van der Waals surface area contributed by atoms with Crippen molar-refractivity contribution in [3.63, 3.8) is 0 Å². The second kappa shape index (κ2) is 6.21. The third-order valence-electron chi connectivity index (χ3n) is 2.68. The summed E-state index contributed by atoms with van der Waals surface area (Å²) in [6.07, 6.45) is 1.65. The normalized spacial score (nSPS) is 13.1. The van der Waals surface area contributed by atoms with Crippen LogP contribution in [0.15, 0.2) is 18.2 Å². The molecule has 3 heteroatoms. The molecule has 1 nitrogen and oxygen atoms in total. The van der Waals surface area contributed by atoms with Crippen LogP contribution in [0.3, 0.4) is 0 Å². The molecule has 0 saturated heterocycles. The first-order valence-corrected chi connectivity index (χ1v) is 6.02. The predicted octanol–water partition coefficient (Wildman–Crippen LogP) is 3.66. The van der Waals surface area contributed by atoms with Crippen molar-refractivity contribution in [2.45, 2.75) is 32.7 Å². The van der Waals surface area contributed by atoms with E-state index in [1.165, 1.54) is 6.07 Å². The first-order valence-electron chi connectivity index (χ1n) is 5.64. The third-order valence-corrected chi connectivity index (χ3v) is 3.03. The lowest BCUT2D eigenvalue weighted by atomic mass is 9.97. The van der Waals surface area contributed by atoms with E-state index >= 15 is 0 Å². The first-order chi connectivity index (χ1) is 7.54. The SMILES string of the molecule is CNC(Cc1c(F)cccc1Cl)CC(C)C. The molecule has 16 heavy (non-hydrogen) atoms. The number of likely N-dealkylation sites (N-methyl/N-ethyl adjacent to an activating group) is 1. The standard InChI is InChI=1S/C13H19ClFN/c1-9(2)7-10(16-3)8-11-12(14)5-4-6-13(11)15/h4-6,9-10,16H,7-8H2,1-3H3. The smallest absolute Gasteiger partial charge is 0.127 e. The van der Waals surface area contributed by atoms with Crippen LogP contribution in [-0.4, -0.2) is 13.1 Å². The number of hydrogen-bond acceptors (Lipinski definition) is 1. The van der Waals surface area contributed by atoms with Crippen molar-refractivity contribution in [2.75, 3.05) is 7.05 Å². The fourth-order valence-corrected chi connectivity index (χ4v) is 2.09. The average molecular weight is 244 g/mol. The van der Waals surface area contributed by atoms with E-state index in [9.17, 15) is 4.39 Å². The van der Waals surface area contributed by atoms with Crippen LogP contribution in [0.2, 0.25) is 5.02 Å². The fourth-order valence-electron chi connectivity index (χ4n) is 1.85. The summed E-state index contributed by atoms with van der Waals surface area (Å²) in [5, 5.41) is 3.73. The molecule has 0 amide bonds. The molecule has 0 radical (unpaired) electrons. The molecular formula is C13H19ClFN. The average Bonchev–Trinajstić information content (AvgIpc) is 2.21. The number of hydrogen-bond donors (Lipinski definition) is 1. The van der Waals surface area contributed by atoms with Gasteiger partial charge in [0.2, 0.25) is 0 Å². The van der Waals surface area contributed by atoms with Crippen molar-refractivity contribution >= 4 is 11.6 Å². The lowest BCUT2D eigenvalue weighted by molar-refractivity contribution is 0.435. The lowest BCUT2D eigenvalue weighted by Gasteiger charge is -2.19. The van der Waals surface area contributed by atoms with E-state index in [4.69, 9.17) is 11.6 Å². The Hall–Kier alpha value is -0.600. The third kappa shape index (κ3) is 3.76. The Bertz CT molecular complexity index is 318. The molecule has 0 bridgehead atoms. The number of rotatable bonds is 5. The molecule has 1 N–H and O–H groups in total. The molecule has 90 valence electrons. The minimum atomic E-state index is -0.212. The van der Waals surface area contributed by atoms with E-state index in [0.717, 1.165) is 6.42 Å². The molecule has 1 atom stereocenters. The van der Waals surface area contributed by atoms with Gasteiger partial charge in [-0.05, 0) is 37.9 Å². The first kappa shape index (κ1) is 13.5. The van der Waals surface area contributed by atoms with Gasteiger partial charge in [0, 0.05) is 16.6 Å². The van der Waals surface area contributed by atoms with Crippen LogP contribution in [0.1, 0.15) is 25.8 Å². The molecule has 1 aromatic carbocycles. The van der Waals surface area contributed by atoms with E-state index in [2.05, 4.69) is 19.2 Å². The van der Waals surface area contributed by atoms with E-state index in [1.807, 2.05) is 7.05 Å². The van der Waals surface area contributed by atoms with Gasteiger partial charge in [-0.1, -0.05) is 31.5 Å². The summed E-state index contributed by atoms with van der Waals surface area (Å²) >= 11 is 6.00. The highest BCUT2D eigenvalue weighted by Crippen LogP contribution is 2.22. The van der Waals surface area contributed by atoms with Crippen LogP contribution in [0.25, 0.3) is 0 Å². The maximum absolute atomic E-state index is 13.6. The highest BCUT2D eigenvalue weighted by atomic mass is 35.5. The van der Waals surface area contributed by atoms with Gasteiger partial charge in [0.1, 0.15) is 5.82 Å². The summed E-state index contributed by atoms with van der Waals surface area (Å²) in [6.45, 7) is 4.32. The van der Waals surface area contributed by atoms with Crippen molar-refractivity contribution in [1.29, 1.82) is 0 Å². The zero-order valence-electron chi connectivity index (χ0n) is 10.1. The maximum Gasteiger partial charge on any atom is 0.127 e. The monoisotopic (exact) mass is 243 g/mol. The zero-order chi connectivity index (χ0) is 12.1. The van der Waals surface area contributed by atoms with E-state index in [-0.39, 0.29) is 11.9 Å². The van der Waals surface area contributed by atoms with Gasteiger partial charge in [-0.25, -0.2) is 4.39 Å². The topological polar surface area (TPSA) is 12.0 Å². The van der Waals surface area contributed by atoms with Crippen LogP contribution < -0.4 is 5.32 Å². The summed E-state index contributed by atoms with van der Waals surface area (Å²) < 4.78 is 13.6. The van der Waals surface area contributed by atoms with Gasteiger partial charge in [0.05, 0.1) is 0 Å². The van der Waals surface area contributed by atoms with Crippen molar-refractivity contribution in [1.82, 2.24) is 5.32 Å². The van der Waals surface area contributed by atoms with Gasteiger partial charge in [-0.3, -0.25) is 0 Å². The van der Waals surface area contributed by atoms with Gasteiger partial charge in [0.25, 0.3) is 0 Å². The summed E-state index contributed by atoms with van der Waals surface area (Å²) in [5.74, 6) is 0.375. The zero-order valence-corrected chi connectivity index (χ0v) is 10.8. The Morgan fingerprint density at radius 2 is 2.06 bits per heavy atom. The second-order valence-corrected chi connectivity index (χ2v) is 4.93. The molecule has 0 aliphatic heterocycles. The predicted molar refractivity (Wildman–Crippen MR) is 67.4 cm³/mol. The number of benzene rings is 1. The Labute approximate surface area is 102 Å². The Balaban J connectivity index is 2.77. The minimum Gasteiger partial charge on any atom is -0.317 e. The Kier molecular flexibility index (Phi) is 5.23. The largest absolute Gasteiger partial charge is 0.317 e.